The van der Waals surface area contributed by atoms with E-state index < -0.39 is 5.82 Å². The van der Waals surface area contributed by atoms with Crippen LogP contribution in [-0.4, -0.2) is 25.6 Å². The van der Waals surface area contributed by atoms with Gasteiger partial charge in [-0.15, -0.1) is 0 Å². The summed E-state index contributed by atoms with van der Waals surface area (Å²) >= 11 is 0. The second-order valence-corrected chi connectivity index (χ2v) is 3.71. The molecular formula is C13H19FN2O2. The molecule has 0 unspecified atom stereocenters. The Morgan fingerprint density at radius 2 is 2.17 bits per heavy atom. The first-order valence-electron chi connectivity index (χ1n) is 6.10. The number of rotatable bonds is 7. The molecule has 100 valence electrons. The molecule has 18 heavy (non-hydrogen) atoms. The Balaban J connectivity index is 2.43. The lowest BCUT2D eigenvalue weighted by Gasteiger charge is -2.09. The minimum atomic E-state index is -0.403. The van der Waals surface area contributed by atoms with Crippen molar-refractivity contribution in [3.8, 4) is 5.75 Å². The molecule has 0 saturated carbocycles. The Bertz CT molecular complexity index is 397. The lowest BCUT2D eigenvalue weighted by atomic mass is 10.2. The normalized spacial score (nSPS) is 9.94. The number of amides is 1. The molecule has 1 aromatic carbocycles. The first kappa shape index (κ1) is 14.3. The topological polar surface area (TPSA) is 50.4 Å². The van der Waals surface area contributed by atoms with Crippen LogP contribution in [0, 0.1) is 5.82 Å². The second kappa shape index (κ2) is 7.53. The lowest BCUT2D eigenvalue weighted by molar-refractivity contribution is -0.120. The molecule has 1 aromatic rings. The van der Waals surface area contributed by atoms with E-state index in [-0.39, 0.29) is 11.7 Å². The van der Waals surface area contributed by atoms with Crippen molar-refractivity contribution in [1.29, 1.82) is 0 Å². The number of halogens is 1. The van der Waals surface area contributed by atoms with Gasteiger partial charge in [0.25, 0.3) is 0 Å². The number of carbonyl (C=O) groups is 1. The predicted molar refractivity (Wildman–Crippen MR) is 69.4 cm³/mol. The van der Waals surface area contributed by atoms with E-state index in [1.165, 1.54) is 6.07 Å². The zero-order valence-electron chi connectivity index (χ0n) is 10.8. The minimum Gasteiger partial charge on any atom is -0.491 e. The molecule has 0 fully saturated rings. The highest BCUT2D eigenvalue weighted by molar-refractivity contribution is 5.76. The molecule has 0 aliphatic carbocycles. The number of carbonyl (C=O) groups excluding carboxylic acids is 1. The summed E-state index contributed by atoms with van der Waals surface area (Å²) in [4.78, 5) is 11.2. The molecule has 0 heterocycles. The van der Waals surface area contributed by atoms with Crippen LogP contribution >= 0.6 is 0 Å². The molecule has 0 aliphatic heterocycles. The van der Waals surface area contributed by atoms with Crippen LogP contribution in [0.15, 0.2) is 18.2 Å². The van der Waals surface area contributed by atoms with E-state index in [0.29, 0.717) is 31.8 Å². The molecule has 0 atom stereocenters. The standard InChI is InChI=1S/C13H19FN2O2/c1-3-15-13(17)7-8-16-10-5-6-12(18-4-2)11(14)9-10/h5-6,9,16H,3-4,7-8H2,1-2H3,(H,15,17). The van der Waals surface area contributed by atoms with Crippen LogP contribution in [0.25, 0.3) is 0 Å². The van der Waals surface area contributed by atoms with Crippen molar-refractivity contribution in [2.24, 2.45) is 0 Å². The van der Waals surface area contributed by atoms with Gasteiger partial charge in [-0.1, -0.05) is 0 Å². The predicted octanol–water partition coefficient (Wildman–Crippen LogP) is 2.16. The van der Waals surface area contributed by atoms with Gasteiger partial charge in [0.15, 0.2) is 11.6 Å². The largest absolute Gasteiger partial charge is 0.491 e. The molecule has 0 saturated heterocycles. The van der Waals surface area contributed by atoms with Gasteiger partial charge >= 0.3 is 0 Å². The summed E-state index contributed by atoms with van der Waals surface area (Å²) in [5, 5.41) is 5.68. The molecule has 0 spiro atoms. The van der Waals surface area contributed by atoms with Crippen molar-refractivity contribution in [2.75, 3.05) is 25.0 Å². The van der Waals surface area contributed by atoms with E-state index in [9.17, 15) is 9.18 Å². The van der Waals surface area contributed by atoms with E-state index in [2.05, 4.69) is 10.6 Å². The van der Waals surface area contributed by atoms with E-state index >= 15 is 0 Å². The summed E-state index contributed by atoms with van der Waals surface area (Å²) in [6, 6.07) is 4.67. The zero-order chi connectivity index (χ0) is 13.4. The van der Waals surface area contributed by atoms with Crippen molar-refractivity contribution in [3.63, 3.8) is 0 Å². The van der Waals surface area contributed by atoms with Crippen molar-refractivity contribution in [1.82, 2.24) is 5.32 Å². The van der Waals surface area contributed by atoms with E-state index in [1.807, 2.05) is 6.92 Å². The summed E-state index contributed by atoms with van der Waals surface area (Å²) in [6.07, 6.45) is 0.364. The first-order valence-corrected chi connectivity index (χ1v) is 6.10. The van der Waals surface area contributed by atoms with Crippen LogP contribution in [0.5, 0.6) is 5.75 Å². The van der Waals surface area contributed by atoms with Crippen molar-refractivity contribution in [2.45, 2.75) is 20.3 Å². The summed E-state index contributed by atoms with van der Waals surface area (Å²) in [5.41, 5.74) is 0.639. The highest BCUT2D eigenvalue weighted by Gasteiger charge is 2.04. The Morgan fingerprint density at radius 3 is 2.78 bits per heavy atom. The third-order valence-electron chi connectivity index (χ3n) is 2.29. The molecule has 1 rings (SSSR count). The molecule has 1 amide bonds. The van der Waals surface area contributed by atoms with Gasteiger partial charge in [0.2, 0.25) is 5.91 Å². The molecule has 2 N–H and O–H groups in total. The Labute approximate surface area is 107 Å². The number of ether oxygens (including phenoxy) is 1. The third-order valence-corrected chi connectivity index (χ3v) is 2.29. The summed E-state index contributed by atoms with van der Waals surface area (Å²) in [6.45, 7) is 5.20. The van der Waals surface area contributed by atoms with Crippen LogP contribution in [0.3, 0.4) is 0 Å². The molecule has 0 aliphatic rings. The van der Waals surface area contributed by atoms with Gasteiger partial charge in [-0.05, 0) is 26.0 Å². The first-order chi connectivity index (χ1) is 8.67. The molecule has 0 bridgehead atoms. The highest BCUT2D eigenvalue weighted by Crippen LogP contribution is 2.20. The molecular weight excluding hydrogens is 235 g/mol. The second-order valence-electron chi connectivity index (χ2n) is 3.71. The maximum absolute atomic E-state index is 13.5. The number of benzene rings is 1. The maximum Gasteiger partial charge on any atom is 0.221 e. The van der Waals surface area contributed by atoms with Crippen LogP contribution in [-0.2, 0) is 4.79 Å². The monoisotopic (exact) mass is 254 g/mol. The molecule has 0 radical (unpaired) electrons. The van der Waals surface area contributed by atoms with E-state index in [4.69, 9.17) is 4.74 Å². The van der Waals surface area contributed by atoms with Gasteiger partial charge in [-0.25, -0.2) is 4.39 Å². The zero-order valence-corrected chi connectivity index (χ0v) is 10.8. The van der Waals surface area contributed by atoms with Crippen LogP contribution in [0.2, 0.25) is 0 Å². The maximum atomic E-state index is 13.5. The SMILES string of the molecule is CCNC(=O)CCNc1ccc(OCC)c(F)c1. The van der Waals surface area contributed by atoms with Crippen LogP contribution in [0.4, 0.5) is 10.1 Å². The number of anilines is 1. The smallest absolute Gasteiger partial charge is 0.221 e. The molecule has 4 nitrogen and oxygen atoms in total. The summed E-state index contributed by atoms with van der Waals surface area (Å²) in [5.74, 6) is -0.178. The Hall–Kier alpha value is -1.78. The van der Waals surface area contributed by atoms with Crippen molar-refractivity contribution >= 4 is 11.6 Å². The highest BCUT2D eigenvalue weighted by atomic mass is 19.1. The average Bonchev–Trinajstić information content (AvgIpc) is 2.33. The fourth-order valence-corrected chi connectivity index (χ4v) is 1.49. The van der Waals surface area contributed by atoms with Gasteiger partial charge in [0.05, 0.1) is 6.61 Å². The number of nitrogens with one attached hydrogen (secondary N) is 2. The number of hydrogen-bond donors (Lipinski definition) is 2. The quantitative estimate of drug-likeness (QED) is 0.784. The lowest BCUT2D eigenvalue weighted by Crippen LogP contribution is -2.24. The fourth-order valence-electron chi connectivity index (χ4n) is 1.49. The van der Waals surface area contributed by atoms with Crippen LogP contribution < -0.4 is 15.4 Å². The van der Waals surface area contributed by atoms with E-state index in [0.717, 1.165) is 0 Å². The van der Waals surface area contributed by atoms with Gasteiger partial charge in [-0.3, -0.25) is 4.79 Å². The van der Waals surface area contributed by atoms with E-state index in [1.54, 1.807) is 19.1 Å². The minimum absolute atomic E-state index is 0.0172. The van der Waals surface area contributed by atoms with Crippen LogP contribution in [0.1, 0.15) is 20.3 Å². The van der Waals surface area contributed by atoms with Gasteiger partial charge < -0.3 is 15.4 Å². The molecule has 5 heteroatoms. The summed E-state index contributed by atoms with van der Waals surface area (Å²) in [7, 11) is 0. The number of hydrogen-bond acceptors (Lipinski definition) is 3. The Morgan fingerprint density at radius 1 is 1.39 bits per heavy atom. The van der Waals surface area contributed by atoms with Crippen molar-refractivity contribution in [3.05, 3.63) is 24.0 Å². The Kier molecular flexibility index (Phi) is 5.97. The van der Waals surface area contributed by atoms with Gasteiger partial charge in [0.1, 0.15) is 0 Å². The third kappa shape index (κ3) is 4.61. The average molecular weight is 254 g/mol. The fraction of sp³-hybridized carbons (Fsp3) is 0.462. The van der Waals surface area contributed by atoms with Crippen molar-refractivity contribution < 1.29 is 13.9 Å². The summed E-state index contributed by atoms with van der Waals surface area (Å²) < 4.78 is 18.6. The molecule has 0 aromatic heterocycles. The van der Waals surface area contributed by atoms with Gasteiger partial charge in [-0.2, -0.15) is 0 Å². The van der Waals surface area contributed by atoms with Gasteiger partial charge in [0, 0.05) is 31.3 Å².